The summed E-state index contributed by atoms with van der Waals surface area (Å²) in [6, 6.07) is 20.1. The first kappa shape index (κ1) is 21.3. The number of rotatable bonds is 9. The van der Waals surface area contributed by atoms with Crippen LogP contribution in [0.5, 0.6) is 5.75 Å². The van der Waals surface area contributed by atoms with Crippen LogP contribution in [0.3, 0.4) is 0 Å². The van der Waals surface area contributed by atoms with E-state index in [9.17, 15) is 9.59 Å². The quantitative estimate of drug-likeness (QED) is 0.462. The second kappa shape index (κ2) is 10.4. The number of nitrogens with zero attached hydrogens (tertiary/aromatic N) is 1. The largest absolute Gasteiger partial charge is 0.484 e. The van der Waals surface area contributed by atoms with Gasteiger partial charge in [0.15, 0.2) is 12.4 Å². The summed E-state index contributed by atoms with van der Waals surface area (Å²) in [6.07, 6.45) is 2.11. The van der Waals surface area contributed by atoms with Crippen LogP contribution in [0.4, 0.5) is 0 Å². The van der Waals surface area contributed by atoms with Crippen LogP contribution in [0, 0.1) is 0 Å². The molecule has 1 amide bonds. The molecule has 0 saturated carbocycles. The molecule has 1 aliphatic heterocycles. The van der Waals surface area contributed by atoms with Gasteiger partial charge >= 0.3 is 0 Å². The third kappa shape index (κ3) is 5.81. The molecule has 1 fully saturated rings. The van der Waals surface area contributed by atoms with Gasteiger partial charge in [0.05, 0.1) is 12.6 Å². The van der Waals surface area contributed by atoms with Crippen LogP contribution in [0.1, 0.15) is 33.6 Å². The van der Waals surface area contributed by atoms with Crippen LogP contribution in [-0.4, -0.2) is 42.5 Å². The van der Waals surface area contributed by atoms with Gasteiger partial charge in [0.2, 0.25) is 0 Å². The molecule has 0 aliphatic carbocycles. The van der Waals surface area contributed by atoms with Crippen molar-refractivity contribution in [1.82, 2.24) is 4.90 Å². The number of hydrogen-bond acceptors (Lipinski definition) is 5. The standard InChI is InChI=1S/C25H25NO4S/c27-24(26(16-22-8-4-14-29-22)17-23-9-5-15-31-23)18-30-21-12-10-20(11-13-21)25(28)19-6-2-1-3-7-19/h1-3,5-7,9-13,15,22H,4,8,14,16-18H2. The van der Waals surface area contributed by atoms with Gasteiger partial charge in [-0.3, -0.25) is 9.59 Å². The summed E-state index contributed by atoms with van der Waals surface area (Å²) in [5.74, 6) is 0.446. The Bertz CT molecular complexity index is 980. The predicted octanol–water partition coefficient (Wildman–Crippen LogP) is 4.57. The van der Waals surface area contributed by atoms with Crippen molar-refractivity contribution in [2.24, 2.45) is 0 Å². The SMILES string of the molecule is O=C(c1ccccc1)c1ccc(OCC(=O)N(Cc2cccs2)CC2CCCO2)cc1. The Morgan fingerprint density at radius 1 is 1.00 bits per heavy atom. The monoisotopic (exact) mass is 435 g/mol. The maximum absolute atomic E-state index is 12.9. The molecule has 1 aromatic heterocycles. The zero-order valence-electron chi connectivity index (χ0n) is 17.2. The van der Waals surface area contributed by atoms with Gasteiger partial charge in [-0.1, -0.05) is 36.4 Å². The lowest BCUT2D eigenvalue weighted by molar-refractivity contribution is -0.135. The van der Waals surface area contributed by atoms with E-state index in [0.717, 1.165) is 24.3 Å². The average molecular weight is 436 g/mol. The van der Waals surface area contributed by atoms with E-state index in [1.165, 1.54) is 0 Å². The molecule has 0 spiro atoms. The molecule has 5 nitrogen and oxygen atoms in total. The minimum absolute atomic E-state index is 0.0399. The second-order valence-electron chi connectivity index (χ2n) is 7.50. The van der Waals surface area contributed by atoms with Gasteiger partial charge in [-0.05, 0) is 48.6 Å². The van der Waals surface area contributed by atoms with E-state index in [4.69, 9.17) is 9.47 Å². The second-order valence-corrected chi connectivity index (χ2v) is 8.53. The Hall–Kier alpha value is -2.96. The first-order chi connectivity index (χ1) is 15.2. The highest BCUT2D eigenvalue weighted by molar-refractivity contribution is 7.09. The molecule has 31 heavy (non-hydrogen) atoms. The molecule has 2 heterocycles. The number of carbonyl (C=O) groups excluding carboxylic acids is 2. The Labute approximate surface area is 186 Å². The Balaban J connectivity index is 1.35. The van der Waals surface area contributed by atoms with E-state index in [1.807, 2.05) is 40.6 Å². The first-order valence-electron chi connectivity index (χ1n) is 10.4. The van der Waals surface area contributed by atoms with Crippen molar-refractivity contribution in [1.29, 1.82) is 0 Å². The lowest BCUT2D eigenvalue weighted by Gasteiger charge is -2.25. The van der Waals surface area contributed by atoms with Crippen molar-refractivity contribution in [2.75, 3.05) is 19.8 Å². The Morgan fingerprint density at radius 2 is 1.77 bits per heavy atom. The van der Waals surface area contributed by atoms with E-state index in [0.29, 0.717) is 30.0 Å². The summed E-state index contributed by atoms with van der Waals surface area (Å²) in [7, 11) is 0. The minimum atomic E-state index is -0.0756. The summed E-state index contributed by atoms with van der Waals surface area (Å²) < 4.78 is 11.5. The normalized spacial score (nSPS) is 15.5. The molecule has 3 aromatic rings. The van der Waals surface area contributed by atoms with Gasteiger partial charge in [0, 0.05) is 29.2 Å². The first-order valence-corrected chi connectivity index (χ1v) is 11.3. The van der Waals surface area contributed by atoms with Crippen molar-refractivity contribution in [3.63, 3.8) is 0 Å². The van der Waals surface area contributed by atoms with Crippen molar-refractivity contribution in [3.8, 4) is 5.75 Å². The zero-order valence-corrected chi connectivity index (χ0v) is 18.1. The van der Waals surface area contributed by atoms with E-state index >= 15 is 0 Å². The van der Waals surface area contributed by atoms with Crippen molar-refractivity contribution < 1.29 is 19.1 Å². The van der Waals surface area contributed by atoms with Crippen LogP contribution >= 0.6 is 11.3 Å². The van der Waals surface area contributed by atoms with Crippen molar-refractivity contribution >= 4 is 23.0 Å². The average Bonchev–Trinajstić information content (AvgIpc) is 3.52. The Kier molecular flexibility index (Phi) is 7.12. The molecule has 160 valence electrons. The molecule has 1 aliphatic rings. The topological polar surface area (TPSA) is 55.8 Å². The fourth-order valence-electron chi connectivity index (χ4n) is 3.57. The van der Waals surface area contributed by atoms with Gasteiger partial charge in [-0.2, -0.15) is 0 Å². The highest BCUT2D eigenvalue weighted by Crippen LogP contribution is 2.19. The molecule has 0 radical (unpaired) electrons. The van der Waals surface area contributed by atoms with Gasteiger partial charge in [0.25, 0.3) is 5.91 Å². The van der Waals surface area contributed by atoms with Crippen LogP contribution in [0.15, 0.2) is 72.1 Å². The van der Waals surface area contributed by atoms with E-state index in [-0.39, 0.29) is 24.4 Å². The van der Waals surface area contributed by atoms with E-state index in [1.54, 1.807) is 47.7 Å². The van der Waals surface area contributed by atoms with E-state index in [2.05, 4.69) is 0 Å². The van der Waals surface area contributed by atoms with Gasteiger partial charge in [-0.25, -0.2) is 0 Å². The maximum Gasteiger partial charge on any atom is 0.260 e. The fourth-order valence-corrected chi connectivity index (χ4v) is 4.29. The number of carbonyl (C=O) groups is 2. The number of amides is 1. The molecular formula is C25H25NO4S. The van der Waals surface area contributed by atoms with Crippen LogP contribution in [0.25, 0.3) is 0 Å². The number of ether oxygens (including phenoxy) is 2. The molecule has 1 unspecified atom stereocenters. The highest BCUT2D eigenvalue weighted by Gasteiger charge is 2.23. The lowest BCUT2D eigenvalue weighted by atomic mass is 10.0. The molecular weight excluding hydrogens is 410 g/mol. The lowest BCUT2D eigenvalue weighted by Crippen LogP contribution is -2.39. The van der Waals surface area contributed by atoms with Crippen molar-refractivity contribution in [2.45, 2.75) is 25.5 Å². The summed E-state index contributed by atoms with van der Waals surface area (Å²) in [5, 5.41) is 2.01. The number of ketones is 1. The Morgan fingerprint density at radius 3 is 2.45 bits per heavy atom. The molecule has 0 N–H and O–H groups in total. The van der Waals surface area contributed by atoms with Gasteiger partial charge < -0.3 is 14.4 Å². The molecule has 0 bridgehead atoms. The molecule has 2 aromatic carbocycles. The maximum atomic E-state index is 12.9. The smallest absolute Gasteiger partial charge is 0.260 e. The fraction of sp³-hybridized carbons (Fsp3) is 0.280. The van der Waals surface area contributed by atoms with Crippen LogP contribution in [0.2, 0.25) is 0 Å². The summed E-state index contributed by atoms with van der Waals surface area (Å²) >= 11 is 1.64. The summed E-state index contributed by atoms with van der Waals surface area (Å²) in [6.45, 7) is 1.84. The van der Waals surface area contributed by atoms with Crippen LogP contribution < -0.4 is 4.74 Å². The minimum Gasteiger partial charge on any atom is -0.484 e. The van der Waals surface area contributed by atoms with Crippen molar-refractivity contribution in [3.05, 3.63) is 88.1 Å². The predicted molar refractivity (Wildman–Crippen MR) is 121 cm³/mol. The zero-order chi connectivity index (χ0) is 21.5. The third-order valence-electron chi connectivity index (χ3n) is 5.24. The molecule has 1 saturated heterocycles. The van der Waals surface area contributed by atoms with E-state index < -0.39 is 0 Å². The summed E-state index contributed by atoms with van der Waals surface area (Å²) in [4.78, 5) is 28.4. The third-order valence-corrected chi connectivity index (χ3v) is 6.10. The number of hydrogen-bond donors (Lipinski definition) is 0. The molecule has 4 rings (SSSR count). The van der Waals surface area contributed by atoms with Gasteiger partial charge in [0.1, 0.15) is 5.75 Å². The molecule has 1 atom stereocenters. The molecule has 6 heteroatoms. The van der Waals surface area contributed by atoms with Gasteiger partial charge in [-0.15, -0.1) is 11.3 Å². The van der Waals surface area contributed by atoms with Crippen LogP contribution in [-0.2, 0) is 16.1 Å². The number of thiophene rings is 1. The summed E-state index contributed by atoms with van der Waals surface area (Å²) in [5.41, 5.74) is 1.23. The highest BCUT2D eigenvalue weighted by atomic mass is 32.1. The number of benzene rings is 2.